The Hall–Kier alpha value is -1.77. The average Bonchev–Trinajstić information content (AvgIpc) is 2.64. The lowest BCUT2D eigenvalue weighted by atomic mass is 9.86. The molecule has 0 radical (unpaired) electrons. The molecule has 1 atom stereocenters. The van der Waals surface area contributed by atoms with Gasteiger partial charge >= 0.3 is 0 Å². The molecule has 2 aliphatic rings. The molecule has 1 aliphatic carbocycles. The van der Waals surface area contributed by atoms with Gasteiger partial charge in [-0.2, -0.15) is 0 Å². The average molecular weight is 200 g/mol. The summed E-state index contributed by atoms with van der Waals surface area (Å²) in [5.41, 5.74) is 9.44. The van der Waals surface area contributed by atoms with Crippen LogP contribution in [-0.4, -0.2) is 12.5 Å². The number of amides is 1. The van der Waals surface area contributed by atoms with E-state index in [9.17, 15) is 4.79 Å². The first-order valence-corrected chi connectivity index (χ1v) is 5.14. The molecular weight excluding hydrogens is 188 g/mol. The number of primary amides is 1. The van der Waals surface area contributed by atoms with Crippen LogP contribution in [0.3, 0.4) is 0 Å². The fourth-order valence-corrected chi connectivity index (χ4v) is 2.51. The Morgan fingerprint density at radius 2 is 2.33 bits per heavy atom. The first kappa shape index (κ1) is 8.53. The third-order valence-electron chi connectivity index (χ3n) is 3.20. The summed E-state index contributed by atoms with van der Waals surface area (Å²) >= 11 is 0. The largest absolute Gasteiger partial charge is 0.384 e. The smallest absolute Gasteiger partial charge is 0.249 e. The molecule has 1 aromatic rings. The van der Waals surface area contributed by atoms with E-state index in [2.05, 4.69) is 11.4 Å². The minimum atomic E-state index is -0.343. The van der Waals surface area contributed by atoms with Crippen LogP contribution < -0.4 is 11.1 Å². The van der Waals surface area contributed by atoms with Gasteiger partial charge in [0.25, 0.3) is 0 Å². The zero-order chi connectivity index (χ0) is 10.4. The van der Waals surface area contributed by atoms with Crippen LogP contribution >= 0.6 is 0 Å². The summed E-state index contributed by atoms with van der Waals surface area (Å²) in [7, 11) is 0. The maximum atomic E-state index is 11.3. The predicted molar refractivity (Wildman–Crippen MR) is 59.8 cm³/mol. The lowest BCUT2D eigenvalue weighted by molar-refractivity contribution is 0.1000. The SMILES string of the molecule is NC(=O)c1ccc2c3c1C=CCC3CN2. The third-order valence-corrected chi connectivity index (χ3v) is 3.20. The Morgan fingerprint density at radius 3 is 3.13 bits per heavy atom. The van der Waals surface area contributed by atoms with Gasteiger partial charge in [-0.05, 0) is 29.7 Å². The maximum absolute atomic E-state index is 11.3. The molecule has 1 aliphatic heterocycles. The Labute approximate surface area is 88.0 Å². The van der Waals surface area contributed by atoms with Crippen LogP contribution in [0.2, 0.25) is 0 Å². The monoisotopic (exact) mass is 200 g/mol. The second-order valence-electron chi connectivity index (χ2n) is 4.07. The molecule has 76 valence electrons. The van der Waals surface area contributed by atoms with Gasteiger partial charge in [-0.15, -0.1) is 0 Å². The lowest BCUT2D eigenvalue weighted by Crippen LogP contribution is -2.15. The molecule has 1 unspecified atom stereocenters. The van der Waals surface area contributed by atoms with Gasteiger partial charge < -0.3 is 11.1 Å². The van der Waals surface area contributed by atoms with Crippen molar-refractivity contribution in [1.29, 1.82) is 0 Å². The second-order valence-corrected chi connectivity index (χ2v) is 4.07. The molecule has 3 N–H and O–H groups in total. The first-order valence-electron chi connectivity index (χ1n) is 5.14. The van der Waals surface area contributed by atoms with Gasteiger partial charge in [0.1, 0.15) is 0 Å². The Kier molecular flexibility index (Phi) is 1.63. The highest BCUT2D eigenvalue weighted by atomic mass is 16.1. The van der Waals surface area contributed by atoms with E-state index in [4.69, 9.17) is 5.73 Å². The van der Waals surface area contributed by atoms with Gasteiger partial charge in [0.15, 0.2) is 0 Å². The van der Waals surface area contributed by atoms with E-state index < -0.39 is 0 Å². The summed E-state index contributed by atoms with van der Waals surface area (Å²) in [5, 5.41) is 3.36. The van der Waals surface area contributed by atoms with Crippen LogP contribution in [0.25, 0.3) is 6.08 Å². The van der Waals surface area contributed by atoms with Crippen molar-refractivity contribution in [2.75, 3.05) is 11.9 Å². The van der Waals surface area contributed by atoms with E-state index in [1.807, 2.05) is 18.2 Å². The van der Waals surface area contributed by atoms with E-state index in [-0.39, 0.29) is 5.91 Å². The molecule has 0 saturated heterocycles. The van der Waals surface area contributed by atoms with Crippen molar-refractivity contribution >= 4 is 17.7 Å². The van der Waals surface area contributed by atoms with Gasteiger partial charge in [0, 0.05) is 23.7 Å². The highest BCUT2D eigenvalue weighted by molar-refractivity contribution is 5.98. The predicted octanol–water partition coefficient (Wildman–Crippen LogP) is 1.71. The number of anilines is 1. The molecule has 0 spiro atoms. The van der Waals surface area contributed by atoms with Crippen LogP contribution in [0.1, 0.15) is 33.8 Å². The normalized spacial score (nSPS) is 20.9. The summed E-state index contributed by atoms with van der Waals surface area (Å²) in [4.78, 5) is 11.3. The number of hydrogen-bond donors (Lipinski definition) is 2. The molecule has 0 bridgehead atoms. The molecule has 0 saturated carbocycles. The summed E-state index contributed by atoms with van der Waals surface area (Å²) < 4.78 is 0. The molecule has 1 aromatic carbocycles. The fourth-order valence-electron chi connectivity index (χ4n) is 2.51. The molecule has 15 heavy (non-hydrogen) atoms. The number of hydrogen-bond acceptors (Lipinski definition) is 2. The van der Waals surface area contributed by atoms with Crippen molar-refractivity contribution in [2.24, 2.45) is 5.73 Å². The Balaban J connectivity index is 2.29. The standard InChI is InChI=1S/C12H12N2O/c13-12(15)9-4-5-10-11-7(6-14-10)2-1-3-8(9)11/h1,3-5,7,14H,2,6H2,(H2,13,15). The van der Waals surface area contributed by atoms with E-state index in [0.29, 0.717) is 11.5 Å². The number of carbonyl (C=O) groups is 1. The summed E-state index contributed by atoms with van der Waals surface area (Å²) in [6.07, 6.45) is 5.19. The van der Waals surface area contributed by atoms with Crippen LogP contribution in [0, 0.1) is 0 Å². The van der Waals surface area contributed by atoms with Gasteiger partial charge in [-0.25, -0.2) is 0 Å². The van der Waals surface area contributed by atoms with Crippen molar-refractivity contribution < 1.29 is 4.79 Å². The zero-order valence-corrected chi connectivity index (χ0v) is 8.29. The minimum Gasteiger partial charge on any atom is -0.384 e. The van der Waals surface area contributed by atoms with Gasteiger partial charge in [-0.1, -0.05) is 12.2 Å². The summed E-state index contributed by atoms with van der Waals surface area (Å²) in [6.45, 7) is 0.967. The molecule has 3 nitrogen and oxygen atoms in total. The van der Waals surface area contributed by atoms with Crippen molar-refractivity contribution in [3.8, 4) is 0 Å². The number of nitrogens with two attached hydrogens (primary N) is 1. The number of benzene rings is 1. The summed E-state index contributed by atoms with van der Waals surface area (Å²) in [5.74, 6) is 0.171. The lowest BCUT2D eigenvalue weighted by Gasteiger charge is -2.17. The molecule has 0 aromatic heterocycles. The molecular formula is C12H12N2O. The number of allylic oxidation sites excluding steroid dienone is 1. The van der Waals surface area contributed by atoms with Gasteiger partial charge in [0.2, 0.25) is 5.91 Å². The third kappa shape index (κ3) is 1.09. The number of rotatable bonds is 1. The molecule has 3 rings (SSSR count). The molecule has 0 fully saturated rings. The van der Waals surface area contributed by atoms with E-state index in [1.165, 1.54) is 5.56 Å². The van der Waals surface area contributed by atoms with E-state index in [0.717, 1.165) is 24.2 Å². The van der Waals surface area contributed by atoms with Crippen LogP contribution in [0.5, 0.6) is 0 Å². The Bertz CT molecular complexity index is 477. The van der Waals surface area contributed by atoms with Crippen LogP contribution in [0.4, 0.5) is 5.69 Å². The zero-order valence-electron chi connectivity index (χ0n) is 8.29. The number of carbonyl (C=O) groups excluding carboxylic acids is 1. The molecule has 1 heterocycles. The van der Waals surface area contributed by atoms with E-state index >= 15 is 0 Å². The van der Waals surface area contributed by atoms with Crippen molar-refractivity contribution in [1.82, 2.24) is 0 Å². The van der Waals surface area contributed by atoms with Crippen LogP contribution in [0.15, 0.2) is 18.2 Å². The highest BCUT2D eigenvalue weighted by Gasteiger charge is 2.28. The van der Waals surface area contributed by atoms with E-state index in [1.54, 1.807) is 0 Å². The van der Waals surface area contributed by atoms with Crippen molar-refractivity contribution in [3.05, 3.63) is 34.9 Å². The topological polar surface area (TPSA) is 55.1 Å². The maximum Gasteiger partial charge on any atom is 0.249 e. The van der Waals surface area contributed by atoms with Crippen LogP contribution in [-0.2, 0) is 0 Å². The van der Waals surface area contributed by atoms with Crippen molar-refractivity contribution in [2.45, 2.75) is 12.3 Å². The minimum absolute atomic E-state index is 0.343. The van der Waals surface area contributed by atoms with Gasteiger partial charge in [0.05, 0.1) is 0 Å². The summed E-state index contributed by atoms with van der Waals surface area (Å²) in [6, 6.07) is 3.76. The van der Waals surface area contributed by atoms with Gasteiger partial charge in [-0.3, -0.25) is 4.79 Å². The van der Waals surface area contributed by atoms with Crippen molar-refractivity contribution in [3.63, 3.8) is 0 Å². The fraction of sp³-hybridized carbons (Fsp3) is 0.250. The number of nitrogens with one attached hydrogen (secondary N) is 1. The second kappa shape index (κ2) is 2.86. The first-order chi connectivity index (χ1) is 7.27. The Morgan fingerprint density at radius 1 is 1.47 bits per heavy atom. The molecule has 1 amide bonds. The highest BCUT2D eigenvalue weighted by Crippen LogP contribution is 2.41. The molecule has 3 heteroatoms. The quantitative estimate of drug-likeness (QED) is 0.725.